The van der Waals surface area contributed by atoms with Gasteiger partial charge in [-0.2, -0.15) is 0 Å². The van der Waals surface area contributed by atoms with Crippen molar-refractivity contribution in [2.75, 3.05) is 0 Å². The summed E-state index contributed by atoms with van der Waals surface area (Å²) in [7, 11) is 0. The quantitative estimate of drug-likeness (QED) is 0.475. The smallest absolute Gasteiger partial charge is 0.228 e. The second-order valence-corrected chi connectivity index (χ2v) is 5.47. The van der Waals surface area contributed by atoms with E-state index in [1.165, 1.54) is 5.39 Å². The molecule has 0 saturated carbocycles. The highest BCUT2D eigenvalue weighted by atomic mass is 16.1. The maximum Gasteiger partial charge on any atom is 0.228 e. The van der Waals surface area contributed by atoms with E-state index in [1.807, 2.05) is 42.5 Å². The Balaban J connectivity index is 2.13. The van der Waals surface area contributed by atoms with Crippen LogP contribution in [0.4, 0.5) is 0 Å². The van der Waals surface area contributed by atoms with Gasteiger partial charge in [0.05, 0.1) is 11.2 Å². The lowest BCUT2D eigenvalue weighted by Crippen LogP contribution is -2.06. The summed E-state index contributed by atoms with van der Waals surface area (Å²) < 4.78 is 1.80. The first-order chi connectivity index (χ1) is 10.8. The zero-order valence-electron chi connectivity index (χ0n) is 12.3. The highest BCUT2D eigenvalue weighted by Crippen LogP contribution is 2.33. The van der Waals surface area contributed by atoms with Crippen molar-refractivity contribution in [3.8, 4) is 11.3 Å². The molecule has 1 aromatic heterocycles. The van der Waals surface area contributed by atoms with E-state index < -0.39 is 0 Å². The number of nitrogens with zero attached hydrogens (tertiary/aromatic N) is 1. The highest BCUT2D eigenvalue weighted by Gasteiger charge is 2.15. The standard InChI is InChI=1S/C20H15NO/c1-14(22)21-19-12-5-3-8-16(19)13-20(21)18-11-6-9-15-7-2-4-10-17(15)18/h2-13H,1H3. The van der Waals surface area contributed by atoms with E-state index in [-0.39, 0.29) is 5.91 Å². The van der Waals surface area contributed by atoms with Crippen molar-refractivity contribution in [1.29, 1.82) is 0 Å². The number of hydrogen-bond donors (Lipinski definition) is 0. The van der Waals surface area contributed by atoms with Crippen molar-refractivity contribution >= 4 is 27.6 Å². The molecule has 0 bridgehead atoms. The van der Waals surface area contributed by atoms with Gasteiger partial charge >= 0.3 is 0 Å². The van der Waals surface area contributed by atoms with Gasteiger partial charge in [0.2, 0.25) is 5.91 Å². The third-order valence-electron chi connectivity index (χ3n) is 4.09. The number of benzene rings is 3. The van der Waals surface area contributed by atoms with Gasteiger partial charge in [0.15, 0.2) is 0 Å². The lowest BCUT2D eigenvalue weighted by atomic mass is 10.0. The summed E-state index contributed by atoms with van der Waals surface area (Å²) >= 11 is 0. The molecule has 22 heavy (non-hydrogen) atoms. The van der Waals surface area contributed by atoms with Crippen LogP contribution in [-0.4, -0.2) is 10.5 Å². The van der Waals surface area contributed by atoms with Crippen LogP contribution in [0.1, 0.15) is 11.7 Å². The molecule has 0 amide bonds. The Hall–Kier alpha value is -2.87. The van der Waals surface area contributed by atoms with E-state index in [2.05, 4.69) is 30.3 Å². The van der Waals surface area contributed by atoms with Gasteiger partial charge in [-0.1, -0.05) is 60.7 Å². The molecule has 4 aromatic rings. The SMILES string of the molecule is CC(=O)n1c(-c2cccc3ccccc23)cc2ccccc21. The van der Waals surface area contributed by atoms with E-state index in [4.69, 9.17) is 0 Å². The maximum atomic E-state index is 12.2. The minimum Gasteiger partial charge on any atom is -0.280 e. The third-order valence-corrected chi connectivity index (χ3v) is 4.09. The van der Waals surface area contributed by atoms with Crippen LogP contribution in [0, 0.1) is 0 Å². The fraction of sp³-hybridized carbons (Fsp3) is 0.0500. The van der Waals surface area contributed by atoms with Crippen LogP contribution in [0.15, 0.2) is 72.8 Å². The molecule has 0 radical (unpaired) electrons. The lowest BCUT2D eigenvalue weighted by Gasteiger charge is -2.09. The third kappa shape index (κ3) is 1.85. The van der Waals surface area contributed by atoms with E-state index >= 15 is 0 Å². The van der Waals surface area contributed by atoms with Crippen LogP contribution in [0.25, 0.3) is 32.9 Å². The molecule has 1 heterocycles. The minimum absolute atomic E-state index is 0.0316. The van der Waals surface area contributed by atoms with Gasteiger partial charge in [0.25, 0.3) is 0 Å². The second-order valence-electron chi connectivity index (χ2n) is 5.47. The molecule has 0 N–H and O–H groups in total. The molecular formula is C20H15NO. The van der Waals surface area contributed by atoms with Gasteiger partial charge in [-0.15, -0.1) is 0 Å². The Morgan fingerprint density at radius 3 is 2.32 bits per heavy atom. The van der Waals surface area contributed by atoms with Crippen LogP contribution in [0.5, 0.6) is 0 Å². The van der Waals surface area contributed by atoms with E-state index in [0.717, 1.165) is 27.5 Å². The lowest BCUT2D eigenvalue weighted by molar-refractivity contribution is 0.0943. The van der Waals surface area contributed by atoms with Crippen LogP contribution < -0.4 is 0 Å². The number of carbonyl (C=O) groups is 1. The fourth-order valence-electron chi connectivity index (χ4n) is 3.14. The Bertz CT molecular complexity index is 1010. The van der Waals surface area contributed by atoms with E-state index in [9.17, 15) is 4.79 Å². The van der Waals surface area contributed by atoms with E-state index in [0.29, 0.717) is 0 Å². The molecule has 0 atom stereocenters. The second kappa shape index (κ2) is 4.85. The van der Waals surface area contributed by atoms with Crippen LogP contribution in [0.3, 0.4) is 0 Å². The van der Waals surface area contributed by atoms with Crippen LogP contribution in [0.2, 0.25) is 0 Å². The highest BCUT2D eigenvalue weighted by molar-refractivity contribution is 6.03. The van der Waals surface area contributed by atoms with Gasteiger partial charge in [-0.05, 0) is 22.9 Å². The molecule has 3 aromatic carbocycles. The molecule has 0 unspecified atom stereocenters. The van der Waals surface area contributed by atoms with Crippen molar-refractivity contribution in [2.24, 2.45) is 0 Å². The van der Waals surface area contributed by atoms with Gasteiger partial charge in [0.1, 0.15) is 0 Å². The van der Waals surface area contributed by atoms with Crippen molar-refractivity contribution in [2.45, 2.75) is 6.92 Å². The van der Waals surface area contributed by atoms with Crippen molar-refractivity contribution in [3.63, 3.8) is 0 Å². The number of para-hydroxylation sites is 1. The van der Waals surface area contributed by atoms with Crippen molar-refractivity contribution < 1.29 is 4.79 Å². The summed E-state index contributed by atoms with van der Waals surface area (Å²) in [6.45, 7) is 1.61. The predicted octanol–water partition coefficient (Wildman–Crippen LogP) is 5.12. The number of carbonyl (C=O) groups excluding carboxylic acids is 1. The summed E-state index contributed by atoms with van der Waals surface area (Å²) in [5, 5.41) is 3.43. The molecule has 4 rings (SSSR count). The Morgan fingerprint density at radius 2 is 1.50 bits per heavy atom. The first-order valence-electron chi connectivity index (χ1n) is 7.35. The molecule has 106 valence electrons. The van der Waals surface area contributed by atoms with Gasteiger partial charge in [0, 0.05) is 17.9 Å². The minimum atomic E-state index is 0.0316. The van der Waals surface area contributed by atoms with Crippen molar-refractivity contribution in [1.82, 2.24) is 4.57 Å². The number of fused-ring (bicyclic) bond motifs is 2. The van der Waals surface area contributed by atoms with Gasteiger partial charge in [-0.25, -0.2) is 0 Å². The Labute approximate surface area is 128 Å². The van der Waals surface area contributed by atoms with Crippen LogP contribution in [-0.2, 0) is 0 Å². The fourth-order valence-corrected chi connectivity index (χ4v) is 3.14. The number of hydrogen-bond acceptors (Lipinski definition) is 1. The average Bonchev–Trinajstić information content (AvgIpc) is 2.93. The van der Waals surface area contributed by atoms with Crippen molar-refractivity contribution in [3.05, 3.63) is 72.8 Å². The van der Waals surface area contributed by atoms with Gasteiger partial charge in [-0.3, -0.25) is 9.36 Å². The van der Waals surface area contributed by atoms with Gasteiger partial charge < -0.3 is 0 Å². The Morgan fingerprint density at radius 1 is 0.818 bits per heavy atom. The molecule has 0 aliphatic heterocycles. The number of aromatic nitrogens is 1. The molecule has 0 aliphatic rings. The molecule has 2 nitrogen and oxygen atoms in total. The summed E-state index contributed by atoms with van der Waals surface area (Å²) in [4.78, 5) is 12.2. The molecular weight excluding hydrogens is 270 g/mol. The number of rotatable bonds is 1. The summed E-state index contributed by atoms with van der Waals surface area (Å²) in [6.07, 6.45) is 0. The average molecular weight is 285 g/mol. The summed E-state index contributed by atoms with van der Waals surface area (Å²) in [5.41, 5.74) is 2.99. The first kappa shape index (κ1) is 12.8. The van der Waals surface area contributed by atoms with Crippen LogP contribution >= 0.6 is 0 Å². The zero-order chi connectivity index (χ0) is 15.1. The topological polar surface area (TPSA) is 22.0 Å². The summed E-state index contributed by atoms with van der Waals surface area (Å²) in [5.74, 6) is 0.0316. The normalized spacial score (nSPS) is 11.1. The van der Waals surface area contributed by atoms with E-state index in [1.54, 1.807) is 11.5 Å². The molecule has 0 fully saturated rings. The monoisotopic (exact) mass is 285 g/mol. The predicted molar refractivity (Wildman–Crippen MR) is 91.2 cm³/mol. The zero-order valence-corrected chi connectivity index (χ0v) is 12.3. The molecule has 0 saturated heterocycles. The largest absolute Gasteiger partial charge is 0.280 e. The molecule has 0 aliphatic carbocycles. The Kier molecular flexibility index (Phi) is 2.83. The first-order valence-corrected chi connectivity index (χ1v) is 7.35. The molecule has 2 heteroatoms. The summed E-state index contributed by atoms with van der Waals surface area (Å²) in [6, 6.07) is 24.6. The maximum absolute atomic E-state index is 12.2. The molecule has 0 spiro atoms.